The predicted molar refractivity (Wildman–Crippen MR) is 81.8 cm³/mol. The van der Waals surface area contributed by atoms with Crippen molar-refractivity contribution < 1.29 is 9.18 Å². The number of aromatic nitrogens is 1. The summed E-state index contributed by atoms with van der Waals surface area (Å²) in [6, 6.07) is 11.2. The molecule has 1 heterocycles. The zero-order chi connectivity index (χ0) is 15.0. The molecule has 0 spiro atoms. The van der Waals surface area contributed by atoms with Crippen molar-refractivity contribution in [3.05, 3.63) is 60.0 Å². The SMILES string of the molecule is CN(C(=O)c1c[nH]c2cc(N)ccc12)c1cccc(F)c1. The summed E-state index contributed by atoms with van der Waals surface area (Å²) in [5, 5.41) is 0.789. The number of aromatic amines is 1. The molecule has 0 saturated carbocycles. The summed E-state index contributed by atoms with van der Waals surface area (Å²) in [6.45, 7) is 0. The molecule has 106 valence electrons. The molecule has 0 aliphatic heterocycles. The van der Waals surface area contributed by atoms with Crippen molar-refractivity contribution in [1.82, 2.24) is 4.98 Å². The van der Waals surface area contributed by atoms with Crippen LogP contribution in [0.4, 0.5) is 15.8 Å². The van der Waals surface area contributed by atoms with Gasteiger partial charge in [-0.25, -0.2) is 4.39 Å². The van der Waals surface area contributed by atoms with Crippen LogP contribution in [0.3, 0.4) is 0 Å². The molecule has 0 fully saturated rings. The predicted octanol–water partition coefficient (Wildman–Crippen LogP) is 3.17. The number of amides is 1. The molecular weight excluding hydrogens is 269 g/mol. The molecule has 0 saturated heterocycles. The maximum Gasteiger partial charge on any atom is 0.260 e. The molecule has 1 aromatic heterocycles. The van der Waals surface area contributed by atoms with Crippen LogP contribution in [-0.2, 0) is 0 Å². The van der Waals surface area contributed by atoms with Gasteiger partial charge in [0, 0.05) is 35.5 Å². The first-order valence-corrected chi connectivity index (χ1v) is 6.46. The number of hydrogen-bond acceptors (Lipinski definition) is 2. The first-order chi connectivity index (χ1) is 10.1. The van der Waals surface area contributed by atoms with Crippen molar-refractivity contribution in [2.75, 3.05) is 17.7 Å². The molecule has 3 N–H and O–H groups in total. The highest BCUT2D eigenvalue weighted by molar-refractivity contribution is 6.14. The van der Waals surface area contributed by atoms with Gasteiger partial charge in [0.2, 0.25) is 0 Å². The number of halogens is 1. The van der Waals surface area contributed by atoms with Crippen LogP contribution in [0.15, 0.2) is 48.7 Å². The quantitative estimate of drug-likeness (QED) is 0.710. The van der Waals surface area contributed by atoms with Crippen molar-refractivity contribution in [2.45, 2.75) is 0 Å². The second-order valence-corrected chi connectivity index (χ2v) is 4.85. The highest BCUT2D eigenvalue weighted by Gasteiger charge is 2.17. The normalized spacial score (nSPS) is 10.8. The van der Waals surface area contributed by atoms with Gasteiger partial charge < -0.3 is 15.6 Å². The number of rotatable bonds is 2. The molecule has 0 atom stereocenters. The Kier molecular flexibility index (Phi) is 3.10. The number of nitrogen functional groups attached to an aromatic ring is 1. The molecule has 3 aromatic rings. The van der Waals surface area contributed by atoms with Crippen LogP contribution in [0, 0.1) is 5.82 Å². The smallest absolute Gasteiger partial charge is 0.260 e. The summed E-state index contributed by atoms with van der Waals surface area (Å²) < 4.78 is 13.3. The van der Waals surface area contributed by atoms with Crippen LogP contribution in [0.1, 0.15) is 10.4 Å². The van der Waals surface area contributed by atoms with E-state index in [-0.39, 0.29) is 11.7 Å². The number of fused-ring (bicyclic) bond motifs is 1. The van der Waals surface area contributed by atoms with Crippen molar-refractivity contribution in [3.8, 4) is 0 Å². The second-order valence-electron chi connectivity index (χ2n) is 4.85. The van der Waals surface area contributed by atoms with E-state index in [1.54, 1.807) is 43.6 Å². The van der Waals surface area contributed by atoms with Gasteiger partial charge in [-0.2, -0.15) is 0 Å². The molecule has 21 heavy (non-hydrogen) atoms. The number of nitrogens with zero attached hydrogens (tertiary/aromatic N) is 1. The molecule has 0 radical (unpaired) electrons. The number of nitrogens with two attached hydrogens (primary N) is 1. The van der Waals surface area contributed by atoms with E-state index in [1.165, 1.54) is 17.0 Å². The third kappa shape index (κ3) is 2.33. The van der Waals surface area contributed by atoms with Crippen molar-refractivity contribution in [3.63, 3.8) is 0 Å². The van der Waals surface area contributed by atoms with E-state index in [0.717, 1.165) is 10.9 Å². The van der Waals surface area contributed by atoms with E-state index < -0.39 is 0 Å². The molecular formula is C16H14FN3O. The topological polar surface area (TPSA) is 62.1 Å². The summed E-state index contributed by atoms with van der Waals surface area (Å²) in [7, 11) is 1.62. The lowest BCUT2D eigenvalue weighted by Crippen LogP contribution is -2.26. The Morgan fingerprint density at radius 2 is 2.05 bits per heavy atom. The number of carbonyl (C=O) groups is 1. The zero-order valence-electron chi connectivity index (χ0n) is 11.4. The highest BCUT2D eigenvalue weighted by Crippen LogP contribution is 2.24. The van der Waals surface area contributed by atoms with Gasteiger partial charge in [-0.15, -0.1) is 0 Å². The molecule has 0 aliphatic rings. The first kappa shape index (κ1) is 13.2. The largest absolute Gasteiger partial charge is 0.399 e. The number of H-pyrrole nitrogens is 1. The van der Waals surface area contributed by atoms with Gasteiger partial charge in [-0.3, -0.25) is 4.79 Å². The van der Waals surface area contributed by atoms with Crippen LogP contribution >= 0.6 is 0 Å². The molecule has 5 heteroatoms. The summed E-state index contributed by atoms with van der Waals surface area (Å²) in [5.41, 5.74) is 8.17. The fraction of sp³-hybridized carbons (Fsp3) is 0.0625. The number of anilines is 2. The Labute approximate surface area is 121 Å². The molecule has 0 aliphatic carbocycles. The van der Waals surface area contributed by atoms with E-state index >= 15 is 0 Å². The molecule has 2 aromatic carbocycles. The average Bonchev–Trinajstić information content (AvgIpc) is 2.88. The minimum Gasteiger partial charge on any atom is -0.399 e. The summed E-state index contributed by atoms with van der Waals surface area (Å²) in [6.07, 6.45) is 1.64. The van der Waals surface area contributed by atoms with Crippen molar-refractivity contribution >= 4 is 28.2 Å². The fourth-order valence-electron chi connectivity index (χ4n) is 2.30. The Bertz CT molecular complexity index is 825. The molecule has 0 unspecified atom stereocenters. The zero-order valence-corrected chi connectivity index (χ0v) is 11.4. The summed E-state index contributed by atoms with van der Waals surface area (Å²) in [4.78, 5) is 17.0. The van der Waals surface area contributed by atoms with Gasteiger partial charge in [0.1, 0.15) is 5.82 Å². The number of nitrogens with one attached hydrogen (secondary N) is 1. The van der Waals surface area contributed by atoms with Crippen LogP contribution < -0.4 is 10.6 Å². The van der Waals surface area contributed by atoms with E-state index in [1.807, 2.05) is 0 Å². The minimum atomic E-state index is -0.376. The monoisotopic (exact) mass is 283 g/mol. The maximum absolute atomic E-state index is 13.3. The fourth-order valence-corrected chi connectivity index (χ4v) is 2.30. The Morgan fingerprint density at radius 3 is 2.81 bits per heavy atom. The third-order valence-electron chi connectivity index (χ3n) is 3.44. The number of carbonyl (C=O) groups excluding carboxylic acids is 1. The molecule has 4 nitrogen and oxygen atoms in total. The van der Waals surface area contributed by atoms with Crippen LogP contribution in [0.2, 0.25) is 0 Å². The lowest BCUT2D eigenvalue weighted by molar-refractivity contribution is 0.0994. The standard InChI is InChI=1S/C16H14FN3O/c1-20(12-4-2-3-10(17)7-12)16(21)14-9-19-15-8-11(18)5-6-13(14)15/h2-9,19H,18H2,1H3. The van der Waals surface area contributed by atoms with E-state index in [2.05, 4.69) is 4.98 Å². The van der Waals surface area contributed by atoms with E-state index in [9.17, 15) is 9.18 Å². The minimum absolute atomic E-state index is 0.211. The number of benzene rings is 2. The molecule has 0 bridgehead atoms. The van der Waals surface area contributed by atoms with E-state index in [4.69, 9.17) is 5.73 Å². The Hall–Kier alpha value is -2.82. The van der Waals surface area contributed by atoms with Crippen LogP contribution in [0.5, 0.6) is 0 Å². The van der Waals surface area contributed by atoms with Gasteiger partial charge >= 0.3 is 0 Å². The summed E-state index contributed by atoms with van der Waals surface area (Å²) >= 11 is 0. The lowest BCUT2D eigenvalue weighted by Gasteiger charge is -2.17. The third-order valence-corrected chi connectivity index (χ3v) is 3.44. The van der Waals surface area contributed by atoms with E-state index in [0.29, 0.717) is 16.9 Å². The van der Waals surface area contributed by atoms with Crippen LogP contribution in [0.25, 0.3) is 10.9 Å². The first-order valence-electron chi connectivity index (χ1n) is 6.46. The lowest BCUT2D eigenvalue weighted by atomic mass is 10.1. The van der Waals surface area contributed by atoms with Crippen molar-refractivity contribution in [1.29, 1.82) is 0 Å². The highest BCUT2D eigenvalue weighted by atomic mass is 19.1. The van der Waals surface area contributed by atoms with Crippen LogP contribution in [-0.4, -0.2) is 17.9 Å². The Balaban J connectivity index is 2.00. The van der Waals surface area contributed by atoms with Gasteiger partial charge in [0.05, 0.1) is 5.56 Å². The second kappa shape index (κ2) is 4.94. The van der Waals surface area contributed by atoms with Gasteiger partial charge in [0.15, 0.2) is 0 Å². The summed E-state index contributed by atoms with van der Waals surface area (Å²) in [5.74, 6) is -0.588. The molecule has 3 rings (SSSR count). The van der Waals surface area contributed by atoms with Crippen molar-refractivity contribution in [2.24, 2.45) is 0 Å². The van der Waals surface area contributed by atoms with Gasteiger partial charge in [0.25, 0.3) is 5.91 Å². The maximum atomic E-state index is 13.3. The average molecular weight is 283 g/mol. The van der Waals surface area contributed by atoms with Gasteiger partial charge in [-0.1, -0.05) is 6.07 Å². The number of hydrogen-bond donors (Lipinski definition) is 2. The van der Waals surface area contributed by atoms with Gasteiger partial charge in [-0.05, 0) is 36.4 Å². The molecule has 1 amide bonds. The Morgan fingerprint density at radius 1 is 1.24 bits per heavy atom.